The number of carbonyl (C=O) groups is 2. The Balaban J connectivity index is 1.39. The Morgan fingerprint density at radius 2 is 1.94 bits per heavy atom. The lowest BCUT2D eigenvalue weighted by Gasteiger charge is -2.22. The van der Waals surface area contributed by atoms with Gasteiger partial charge in [-0.15, -0.1) is 0 Å². The third-order valence-corrected chi connectivity index (χ3v) is 6.08. The lowest BCUT2D eigenvalue weighted by Crippen LogP contribution is -2.40. The van der Waals surface area contributed by atoms with Crippen molar-refractivity contribution >= 4 is 17.6 Å². The number of halogens is 3. The lowest BCUT2D eigenvalue weighted by molar-refractivity contribution is -0.153. The minimum atomic E-state index is -4.52. The summed E-state index contributed by atoms with van der Waals surface area (Å²) < 4.78 is 50.8. The third-order valence-electron chi connectivity index (χ3n) is 6.08. The number of fused-ring (bicyclic) bond motifs is 1. The maximum Gasteiger partial charge on any atom is 0.416 e. The first kappa shape index (κ1) is 19.8. The Bertz CT molecular complexity index is 1070. The molecule has 2 fully saturated rings. The molecule has 2 aromatic rings. The van der Waals surface area contributed by atoms with Gasteiger partial charge >= 0.3 is 12.1 Å². The summed E-state index contributed by atoms with van der Waals surface area (Å²) in [5.74, 6) is -2.66. The van der Waals surface area contributed by atoms with E-state index < -0.39 is 47.2 Å². The topological polar surface area (TPSA) is 55.8 Å². The fourth-order valence-corrected chi connectivity index (χ4v) is 4.66. The fraction of sp³-hybridized carbons (Fsp3) is 0.304. The Hall–Kier alpha value is -3.13. The van der Waals surface area contributed by atoms with Crippen molar-refractivity contribution in [1.82, 2.24) is 0 Å². The molecule has 0 radical (unpaired) electrons. The molecule has 2 saturated heterocycles. The molecule has 31 heavy (non-hydrogen) atoms. The lowest BCUT2D eigenvalue weighted by atomic mass is 9.77. The molecule has 3 aliphatic heterocycles. The van der Waals surface area contributed by atoms with E-state index in [0.29, 0.717) is 0 Å². The molecular formula is C23H18F3NO4. The zero-order valence-corrected chi connectivity index (χ0v) is 16.2. The number of nitrogens with zero attached hydrogens (tertiary/aromatic N) is 1. The molecule has 0 saturated carbocycles. The third kappa shape index (κ3) is 3.22. The molecule has 4 atom stereocenters. The van der Waals surface area contributed by atoms with Crippen molar-refractivity contribution in [3.8, 4) is 0 Å². The molecule has 0 aliphatic carbocycles. The van der Waals surface area contributed by atoms with Crippen LogP contribution in [0.15, 0.2) is 66.7 Å². The Kier molecular flexibility index (Phi) is 4.44. The number of amides is 1. The molecule has 1 amide bonds. The van der Waals surface area contributed by atoms with Gasteiger partial charge in [-0.3, -0.25) is 9.59 Å². The van der Waals surface area contributed by atoms with Crippen LogP contribution in [0.4, 0.5) is 18.9 Å². The molecule has 1 spiro atoms. The quantitative estimate of drug-likeness (QED) is 0.549. The normalized spacial score (nSPS) is 28.8. The number of benzene rings is 2. The Labute approximate surface area is 176 Å². The molecule has 0 N–H and O–H groups in total. The van der Waals surface area contributed by atoms with Gasteiger partial charge in [0.2, 0.25) is 5.91 Å². The van der Waals surface area contributed by atoms with Gasteiger partial charge in [-0.05, 0) is 23.8 Å². The van der Waals surface area contributed by atoms with Crippen LogP contribution in [0.2, 0.25) is 0 Å². The van der Waals surface area contributed by atoms with Crippen molar-refractivity contribution in [3.05, 3.63) is 77.9 Å². The maximum atomic E-state index is 13.2. The fourth-order valence-electron chi connectivity index (χ4n) is 4.66. The first-order chi connectivity index (χ1) is 14.8. The van der Waals surface area contributed by atoms with Gasteiger partial charge in [0.25, 0.3) is 0 Å². The summed E-state index contributed by atoms with van der Waals surface area (Å²) in [5, 5.41) is 0. The van der Waals surface area contributed by atoms with E-state index in [1.807, 2.05) is 30.3 Å². The number of esters is 1. The first-order valence-electron chi connectivity index (χ1n) is 9.85. The van der Waals surface area contributed by atoms with E-state index in [9.17, 15) is 22.8 Å². The highest BCUT2D eigenvalue weighted by Crippen LogP contribution is 2.53. The summed E-state index contributed by atoms with van der Waals surface area (Å²) in [6, 6.07) is 13.8. The van der Waals surface area contributed by atoms with Gasteiger partial charge in [0.1, 0.15) is 18.1 Å². The zero-order chi connectivity index (χ0) is 21.8. The average Bonchev–Trinajstić information content (AvgIpc) is 3.40. The van der Waals surface area contributed by atoms with E-state index in [1.54, 1.807) is 12.2 Å². The molecule has 3 heterocycles. The maximum absolute atomic E-state index is 13.2. The average molecular weight is 429 g/mol. The van der Waals surface area contributed by atoms with Crippen molar-refractivity contribution in [3.63, 3.8) is 0 Å². The second kappa shape index (κ2) is 6.95. The molecule has 0 aromatic heterocycles. The minimum Gasteiger partial charge on any atom is -0.460 e. The highest BCUT2D eigenvalue weighted by Gasteiger charge is 2.67. The molecule has 3 aliphatic rings. The monoisotopic (exact) mass is 429 g/mol. The molecule has 2 aromatic carbocycles. The summed E-state index contributed by atoms with van der Waals surface area (Å²) in [6.07, 6.45) is -1.63. The smallest absolute Gasteiger partial charge is 0.416 e. The van der Waals surface area contributed by atoms with Crippen molar-refractivity contribution in [2.24, 2.45) is 11.8 Å². The SMILES string of the molecule is O=C(OCc1ccccc1)[C@H]1[C@@H]2C=C[C@]3(CN(c4cccc(C(F)(F)F)c4)C(=O)[C@H]13)O2. The molecule has 5 nitrogen and oxygen atoms in total. The number of carbonyl (C=O) groups excluding carboxylic acids is 2. The second-order valence-electron chi connectivity index (χ2n) is 7.97. The van der Waals surface area contributed by atoms with Crippen LogP contribution < -0.4 is 4.90 Å². The summed E-state index contributed by atoms with van der Waals surface area (Å²) >= 11 is 0. The predicted octanol–water partition coefficient (Wildman–Crippen LogP) is 3.74. The van der Waals surface area contributed by atoms with Crippen LogP contribution in [0, 0.1) is 11.8 Å². The van der Waals surface area contributed by atoms with Crippen LogP contribution in [0.5, 0.6) is 0 Å². The Morgan fingerprint density at radius 1 is 1.16 bits per heavy atom. The number of alkyl halides is 3. The minimum absolute atomic E-state index is 0.0489. The number of hydrogen-bond acceptors (Lipinski definition) is 4. The van der Waals surface area contributed by atoms with Gasteiger partial charge in [0.05, 0.1) is 24.1 Å². The van der Waals surface area contributed by atoms with Gasteiger partial charge < -0.3 is 14.4 Å². The summed E-state index contributed by atoms with van der Waals surface area (Å²) in [4.78, 5) is 27.4. The summed E-state index contributed by atoms with van der Waals surface area (Å²) in [7, 11) is 0. The van der Waals surface area contributed by atoms with Crippen LogP contribution in [0.25, 0.3) is 0 Å². The zero-order valence-electron chi connectivity index (χ0n) is 16.2. The molecule has 0 unspecified atom stereocenters. The van der Waals surface area contributed by atoms with Crippen molar-refractivity contribution in [1.29, 1.82) is 0 Å². The van der Waals surface area contributed by atoms with Crippen LogP contribution in [-0.2, 0) is 31.8 Å². The first-order valence-corrected chi connectivity index (χ1v) is 9.85. The van der Waals surface area contributed by atoms with Gasteiger partial charge in [0.15, 0.2) is 0 Å². The highest BCUT2D eigenvalue weighted by atomic mass is 19.4. The van der Waals surface area contributed by atoms with E-state index in [2.05, 4.69) is 0 Å². The highest BCUT2D eigenvalue weighted by molar-refractivity contribution is 6.02. The van der Waals surface area contributed by atoms with Gasteiger partial charge in [-0.25, -0.2) is 0 Å². The standard InChI is InChI=1S/C23H18F3NO4/c24-23(25,26)15-7-4-8-16(11-15)27-13-22-10-9-17(31-22)18(19(22)20(27)28)21(29)30-12-14-5-2-1-3-6-14/h1-11,17-19H,12-13H2/t17-,18-,19-,22+/m0/s1. The predicted molar refractivity (Wildman–Crippen MR) is 104 cm³/mol. The molecule has 8 heteroatoms. The number of hydrogen-bond donors (Lipinski definition) is 0. The number of anilines is 1. The summed E-state index contributed by atoms with van der Waals surface area (Å²) in [6.45, 7) is 0.116. The van der Waals surface area contributed by atoms with E-state index in [4.69, 9.17) is 9.47 Å². The Morgan fingerprint density at radius 3 is 2.68 bits per heavy atom. The van der Waals surface area contributed by atoms with E-state index in [0.717, 1.165) is 17.7 Å². The molecule has 2 bridgehead atoms. The number of ether oxygens (including phenoxy) is 2. The van der Waals surface area contributed by atoms with Gasteiger partial charge in [0, 0.05) is 5.69 Å². The van der Waals surface area contributed by atoms with E-state index in [1.165, 1.54) is 17.0 Å². The summed E-state index contributed by atoms with van der Waals surface area (Å²) in [5.41, 5.74) is -0.937. The van der Waals surface area contributed by atoms with Crippen LogP contribution in [0.1, 0.15) is 11.1 Å². The van der Waals surface area contributed by atoms with Crippen molar-refractivity contribution in [2.75, 3.05) is 11.4 Å². The second-order valence-corrected chi connectivity index (χ2v) is 7.97. The molecule has 5 rings (SSSR count). The van der Waals surface area contributed by atoms with E-state index in [-0.39, 0.29) is 18.8 Å². The van der Waals surface area contributed by atoms with Crippen LogP contribution >= 0.6 is 0 Å². The molecule has 160 valence electrons. The van der Waals surface area contributed by atoms with E-state index >= 15 is 0 Å². The van der Waals surface area contributed by atoms with Gasteiger partial charge in [-0.1, -0.05) is 48.6 Å². The van der Waals surface area contributed by atoms with Crippen LogP contribution in [-0.4, -0.2) is 30.1 Å². The molecular weight excluding hydrogens is 411 g/mol. The van der Waals surface area contributed by atoms with Crippen LogP contribution in [0.3, 0.4) is 0 Å². The van der Waals surface area contributed by atoms with Crippen molar-refractivity contribution < 1.29 is 32.2 Å². The van der Waals surface area contributed by atoms with Crippen molar-refractivity contribution in [2.45, 2.75) is 24.5 Å². The number of rotatable bonds is 4. The largest absolute Gasteiger partial charge is 0.460 e. The van der Waals surface area contributed by atoms with Gasteiger partial charge in [-0.2, -0.15) is 13.2 Å².